The molecule has 1 rings (SSSR count). The van der Waals surface area contributed by atoms with Gasteiger partial charge in [0.2, 0.25) is 0 Å². The van der Waals surface area contributed by atoms with Gasteiger partial charge in [0.1, 0.15) is 16.7 Å². The first-order valence-corrected chi connectivity index (χ1v) is 6.79. The van der Waals surface area contributed by atoms with Crippen LogP contribution in [-0.4, -0.2) is 21.8 Å². The molecule has 1 aromatic rings. The fourth-order valence-corrected chi connectivity index (χ4v) is 2.18. The number of aromatic nitrogens is 2. The average molecular weight is 239 g/mol. The molecule has 0 aromatic carbocycles. The number of hydrogen-bond acceptors (Lipinski definition) is 4. The first-order valence-electron chi connectivity index (χ1n) is 5.91. The van der Waals surface area contributed by atoms with Crippen LogP contribution in [0.25, 0.3) is 0 Å². The van der Waals surface area contributed by atoms with Crippen molar-refractivity contribution in [2.24, 2.45) is 0 Å². The van der Waals surface area contributed by atoms with Crippen molar-refractivity contribution in [3.63, 3.8) is 0 Å². The molecule has 0 aliphatic carbocycles. The van der Waals surface area contributed by atoms with Crippen molar-refractivity contribution in [2.75, 3.05) is 11.9 Å². The summed E-state index contributed by atoms with van der Waals surface area (Å²) in [7, 11) is 0. The Labute approximate surface area is 102 Å². The molecule has 0 aliphatic heterocycles. The number of nitrogens with one attached hydrogen (secondary N) is 1. The highest BCUT2D eigenvalue weighted by molar-refractivity contribution is 7.99. The van der Waals surface area contributed by atoms with Gasteiger partial charge in [0.05, 0.1) is 0 Å². The van der Waals surface area contributed by atoms with Crippen LogP contribution in [0.2, 0.25) is 0 Å². The largest absolute Gasteiger partial charge is 0.370 e. The molecule has 0 saturated heterocycles. The molecule has 1 unspecified atom stereocenters. The summed E-state index contributed by atoms with van der Waals surface area (Å²) in [6, 6.07) is 2.04. The summed E-state index contributed by atoms with van der Waals surface area (Å²) >= 11 is 1.81. The monoisotopic (exact) mass is 239 g/mol. The zero-order valence-corrected chi connectivity index (χ0v) is 11.4. The van der Waals surface area contributed by atoms with Crippen LogP contribution >= 0.6 is 11.8 Å². The molecule has 0 radical (unpaired) electrons. The summed E-state index contributed by atoms with van der Waals surface area (Å²) in [5.41, 5.74) is 0. The van der Waals surface area contributed by atoms with Crippen LogP contribution in [0.15, 0.2) is 11.1 Å². The molecular formula is C12H21N3S. The van der Waals surface area contributed by atoms with E-state index in [-0.39, 0.29) is 0 Å². The van der Waals surface area contributed by atoms with E-state index in [1.54, 1.807) is 0 Å². The second-order valence-electron chi connectivity index (χ2n) is 3.90. The molecule has 0 fully saturated rings. The molecule has 4 heteroatoms. The fourth-order valence-electron chi connectivity index (χ4n) is 1.23. The Morgan fingerprint density at radius 3 is 2.75 bits per heavy atom. The van der Waals surface area contributed by atoms with E-state index in [1.807, 2.05) is 24.8 Å². The van der Waals surface area contributed by atoms with Gasteiger partial charge in [-0.1, -0.05) is 20.8 Å². The van der Waals surface area contributed by atoms with Crippen LogP contribution in [-0.2, 0) is 0 Å². The van der Waals surface area contributed by atoms with Gasteiger partial charge in [0.25, 0.3) is 0 Å². The highest BCUT2D eigenvalue weighted by Gasteiger charge is 2.06. The van der Waals surface area contributed by atoms with Crippen molar-refractivity contribution in [3.8, 4) is 0 Å². The van der Waals surface area contributed by atoms with Crippen molar-refractivity contribution >= 4 is 17.6 Å². The van der Waals surface area contributed by atoms with Gasteiger partial charge < -0.3 is 5.32 Å². The van der Waals surface area contributed by atoms with E-state index in [2.05, 4.69) is 36.1 Å². The van der Waals surface area contributed by atoms with Crippen molar-refractivity contribution < 1.29 is 0 Å². The normalized spacial score (nSPS) is 12.5. The van der Waals surface area contributed by atoms with Crippen LogP contribution in [0.4, 0.5) is 5.82 Å². The maximum Gasteiger partial charge on any atom is 0.130 e. The summed E-state index contributed by atoms with van der Waals surface area (Å²) in [4.78, 5) is 8.81. The predicted molar refractivity (Wildman–Crippen MR) is 71.2 cm³/mol. The summed E-state index contributed by atoms with van der Waals surface area (Å²) in [6.07, 6.45) is 2.27. The summed E-state index contributed by atoms with van der Waals surface area (Å²) in [5.74, 6) is 1.78. The minimum absolute atomic E-state index is 0.605. The molecule has 0 amide bonds. The minimum atomic E-state index is 0.605. The molecule has 0 aliphatic rings. The molecule has 0 saturated carbocycles. The molecule has 0 bridgehead atoms. The van der Waals surface area contributed by atoms with Gasteiger partial charge in [-0.2, -0.15) is 0 Å². The van der Waals surface area contributed by atoms with E-state index in [0.29, 0.717) is 5.25 Å². The lowest BCUT2D eigenvalue weighted by molar-refractivity contribution is 0.890. The minimum Gasteiger partial charge on any atom is -0.370 e. The number of anilines is 1. The van der Waals surface area contributed by atoms with Crippen molar-refractivity contribution in [2.45, 2.75) is 50.8 Å². The van der Waals surface area contributed by atoms with E-state index in [0.717, 1.165) is 36.1 Å². The van der Waals surface area contributed by atoms with E-state index < -0.39 is 0 Å². The van der Waals surface area contributed by atoms with E-state index >= 15 is 0 Å². The Morgan fingerprint density at radius 1 is 1.38 bits per heavy atom. The molecule has 1 N–H and O–H groups in total. The molecule has 1 heterocycles. The quantitative estimate of drug-likeness (QED) is 0.609. The molecule has 16 heavy (non-hydrogen) atoms. The highest BCUT2D eigenvalue weighted by atomic mass is 32.2. The SMILES string of the molecule is CCCNc1cc(SC(C)CC)nc(C)n1. The number of nitrogens with zero attached hydrogens (tertiary/aromatic N) is 2. The van der Waals surface area contributed by atoms with Crippen LogP contribution in [0.3, 0.4) is 0 Å². The predicted octanol–water partition coefficient (Wildman–Crippen LogP) is 3.50. The maximum absolute atomic E-state index is 4.44. The number of thioether (sulfide) groups is 1. The van der Waals surface area contributed by atoms with Crippen molar-refractivity contribution in [3.05, 3.63) is 11.9 Å². The summed E-state index contributed by atoms with van der Waals surface area (Å²) < 4.78 is 0. The molecule has 0 spiro atoms. The third kappa shape index (κ3) is 4.39. The van der Waals surface area contributed by atoms with E-state index in [4.69, 9.17) is 0 Å². The van der Waals surface area contributed by atoms with Gasteiger partial charge in [0, 0.05) is 17.9 Å². The van der Waals surface area contributed by atoms with Crippen LogP contribution in [0.5, 0.6) is 0 Å². The Morgan fingerprint density at radius 2 is 2.12 bits per heavy atom. The first-order chi connectivity index (χ1) is 7.65. The zero-order chi connectivity index (χ0) is 12.0. The lowest BCUT2D eigenvalue weighted by Gasteiger charge is -2.10. The maximum atomic E-state index is 4.44. The number of hydrogen-bond donors (Lipinski definition) is 1. The lowest BCUT2D eigenvalue weighted by atomic mass is 10.4. The van der Waals surface area contributed by atoms with Crippen LogP contribution < -0.4 is 5.32 Å². The van der Waals surface area contributed by atoms with Gasteiger partial charge in [-0.05, 0) is 19.8 Å². The number of rotatable bonds is 6. The fraction of sp³-hybridized carbons (Fsp3) is 0.667. The average Bonchev–Trinajstić information content (AvgIpc) is 2.25. The van der Waals surface area contributed by atoms with Gasteiger partial charge in [-0.25, -0.2) is 9.97 Å². The number of aryl methyl sites for hydroxylation is 1. The second kappa shape index (κ2) is 6.74. The van der Waals surface area contributed by atoms with Crippen molar-refractivity contribution in [1.29, 1.82) is 0 Å². The third-order valence-electron chi connectivity index (χ3n) is 2.27. The molecule has 90 valence electrons. The van der Waals surface area contributed by atoms with Gasteiger partial charge in [-0.15, -0.1) is 11.8 Å². The molecule has 1 atom stereocenters. The van der Waals surface area contributed by atoms with Crippen LogP contribution in [0, 0.1) is 6.92 Å². The molecule has 3 nitrogen and oxygen atoms in total. The van der Waals surface area contributed by atoms with Gasteiger partial charge in [0.15, 0.2) is 0 Å². The molecule has 1 aromatic heterocycles. The third-order valence-corrected chi connectivity index (χ3v) is 3.45. The lowest BCUT2D eigenvalue weighted by Crippen LogP contribution is -2.05. The summed E-state index contributed by atoms with van der Waals surface area (Å²) in [5, 5.41) is 4.98. The molecular weight excluding hydrogens is 218 g/mol. The standard InChI is InChI=1S/C12H21N3S/c1-5-7-13-11-8-12(15-10(4)14-11)16-9(3)6-2/h8-9H,5-7H2,1-4H3,(H,13,14,15). The van der Waals surface area contributed by atoms with E-state index in [9.17, 15) is 0 Å². The van der Waals surface area contributed by atoms with E-state index in [1.165, 1.54) is 0 Å². The Bertz CT molecular complexity index is 328. The van der Waals surface area contributed by atoms with Crippen molar-refractivity contribution in [1.82, 2.24) is 9.97 Å². The zero-order valence-electron chi connectivity index (χ0n) is 10.6. The Balaban J connectivity index is 2.73. The topological polar surface area (TPSA) is 37.8 Å². The summed E-state index contributed by atoms with van der Waals surface area (Å²) in [6.45, 7) is 9.47. The van der Waals surface area contributed by atoms with Gasteiger partial charge >= 0.3 is 0 Å². The van der Waals surface area contributed by atoms with Crippen LogP contribution in [0.1, 0.15) is 39.4 Å². The highest BCUT2D eigenvalue weighted by Crippen LogP contribution is 2.24. The Kier molecular flexibility index (Phi) is 5.60. The van der Waals surface area contributed by atoms with Gasteiger partial charge in [-0.3, -0.25) is 0 Å². The Hall–Kier alpha value is -0.770. The first kappa shape index (κ1) is 13.3. The smallest absolute Gasteiger partial charge is 0.130 e. The second-order valence-corrected chi connectivity index (χ2v) is 5.36.